The van der Waals surface area contributed by atoms with Crippen LogP contribution in [0.15, 0.2) is 48.5 Å². The average Bonchev–Trinajstić information content (AvgIpc) is 3.15. The van der Waals surface area contributed by atoms with Crippen molar-refractivity contribution in [1.82, 2.24) is 0 Å². The third-order valence-electron chi connectivity index (χ3n) is 5.75. The van der Waals surface area contributed by atoms with Crippen molar-refractivity contribution in [1.29, 1.82) is 0 Å². The third kappa shape index (κ3) is 4.46. The van der Waals surface area contributed by atoms with Gasteiger partial charge in [0.15, 0.2) is 0 Å². The summed E-state index contributed by atoms with van der Waals surface area (Å²) in [6, 6.07) is 12.5. The fourth-order valence-electron chi connectivity index (χ4n) is 4.16. The predicted molar refractivity (Wildman–Crippen MR) is 113 cm³/mol. The largest absolute Gasteiger partial charge is 0.478 e. The van der Waals surface area contributed by atoms with E-state index in [1.54, 1.807) is 24.3 Å². The van der Waals surface area contributed by atoms with Gasteiger partial charge in [-0.15, -0.1) is 11.3 Å². The fraction of sp³-hybridized carbons (Fsp3) is 0.348. The number of thiophene rings is 1. The van der Waals surface area contributed by atoms with Crippen molar-refractivity contribution in [2.75, 3.05) is 5.32 Å². The first kappa shape index (κ1) is 20.7. The summed E-state index contributed by atoms with van der Waals surface area (Å²) in [6.45, 7) is 0. The summed E-state index contributed by atoms with van der Waals surface area (Å²) in [6.07, 6.45) is 1.26. The monoisotopic (exact) mass is 433 g/mol. The van der Waals surface area contributed by atoms with Crippen molar-refractivity contribution in [3.05, 3.63) is 64.5 Å². The molecule has 1 fully saturated rings. The lowest BCUT2D eigenvalue weighted by molar-refractivity contribution is -0.137. The van der Waals surface area contributed by atoms with Gasteiger partial charge in [-0.05, 0) is 66.6 Å². The van der Waals surface area contributed by atoms with Crippen LogP contribution in [0.4, 0.5) is 18.9 Å². The molecular weight excluding hydrogens is 411 g/mol. The molecule has 0 amide bonds. The van der Waals surface area contributed by atoms with E-state index in [0.29, 0.717) is 10.6 Å². The van der Waals surface area contributed by atoms with Crippen LogP contribution in [0, 0.1) is 5.92 Å². The highest BCUT2D eigenvalue weighted by Crippen LogP contribution is 2.42. The van der Waals surface area contributed by atoms with Crippen molar-refractivity contribution < 1.29 is 23.1 Å². The molecule has 1 atom stereocenters. The Morgan fingerprint density at radius 2 is 1.73 bits per heavy atom. The zero-order valence-electron chi connectivity index (χ0n) is 16.2. The molecular formula is C23H22F3NO2S. The second-order valence-electron chi connectivity index (χ2n) is 7.80. The van der Waals surface area contributed by atoms with Gasteiger partial charge in [0, 0.05) is 15.3 Å². The molecule has 2 aromatic carbocycles. The van der Waals surface area contributed by atoms with Gasteiger partial charge in [-0.25, -0.2) is 4.79 Å². The van der Waals surface area contributed by atoms with E-state index in [2.05, 4.69) is 5.32 Å². The molecule has 3 aromatic rings. The van der Waals surface area contributed by atoms with Crippen LogP contribution in [0.2, 0.25) is 0 Å². The van der Waals surface area contributed by atoms with Crippen LogP contribution in [0.5, 0.6) is 0 Å². The van der Waals surface area contributed by atoms with Gasteiger partial charge >= 0.3 is 12.1 Å². The van der Waals surface area contributed by atoms with Gasteiger partial charge in [0.2, 0.25) is 0 Å². The number of carboxylic acids is 1. The van der Waals surface area contributed by atoms with Crippen LogP contribution < -0.4 is 5.32 Å². The first-order valence-electron chi connectivity index (χ1n) is 10.0. The van der Waals surface area contributed by atoms with Crippen LogP contribution in [0.25, 0.3) is 10.1 Å². The maximum atomic E-state index is 13.1. The molecule has 0 spiro atoms. The number of hydrogen-bond acceptors (Lipinski definition) is 3. The van der Waals surface area contributed by atoms with E-state index in [4.69, 9.17) is 5.11 Å². The highest BCUT2D eigenvalue weighted by atomic mass is 32.1. The lowest BCUT2D eigenvalue weighted by Gasteiger charge is -2.31. The quantitative estimate of drug-likeness (QED) is 0.442. The van der Waals surface area contributed by atoms with Gasteiger partial charge < -0.3 is 10.4 Å². The van der Waals surface area contributed by atoms with Gasteiger partial charge in [0.25, 0.3) is 0 Å². The van der Waals surface area contributed by atoms with Gasteiger partial charge in [-0.2, -0.15) is 13.2 Å². The van der Waals surface area contributed by atoms with Crippen molar-refractivity contribution in [3.63, 3.8) is 0 Å². The lowest BCUT2D eigenvalue weighted by atomic mass is 9.83. The number of rotatable bonds is 5. The minimum Gasteiger partial charge on any atom is -0.478 e. The Hall–Kier alpha value is -2.54. The van der Waals surface area contributed by atoms with Crippen molar-refractivity contribution in [3.8, 4) is 0 Å². The normalized spacial score (nSPS) is 16.5. The number of halogens is 3. The third-order valence-corrected chi connectivity index (χ3v) is 6.93. The van der Waals surface area contributed by atoms with Crippen LogP contribution in [-0.4, -0.2) is 11.1 Å². The van der Waals surface area contributed by atoms with Crippen molar-refractivity contribution in [2.45, 2.75) is 44.3 Å². The molecule has 0 radical (unpaired) electrons. The molecule has 158 valence electrons. The summed E-state index contributed by atoms with van der Waals surface area (Å²) in [4.78, 5) is 12.1. The number of nitrogens with one attached hydrogen (secondary N) is 1. The average molecular weight is 433 g/mol. The van der Waals surface area contributed by atoms with Crippen molar-refractivity contribution >= 4 is 33.1 Å². The van der Waals surface area contributed by atoms with Gasteiger partial charge in [-0.3, -0.25) is 0 Å². The summed E-state index contributed by atoms with van der Waals surface area (Å²) in [5.74, 6) is -0.594. The van der Waals surface area contributed by atoms with Crippen molar-refractivity contribution in [2.24, 2.45) is 5.92 Å². The van der Waals surface area contributed by atoms with Crippen LogP contribution in [0.3, 0.4) is 0 Å². The Morgan fingerprint density at radius 3 is 2.37 bits per heavy atom. The number of aromatic carboxylic acids is 1. The second kappa shape index (κ2) is 8.30. The van der Waals surface area contributed by atoms with Crippen LogP contribution in [0.1, 0.15) is 58.9 Å². The molecule has 1 aromatic heterocycles. The molecule has 0 bridgehead atoms. The maximum absolute atomic E-state index is 13.1. The van der Waals surface area contributed by atoms with Crippen LogP contribution >= 0.6 is 11.3 Å². The Bertz CT molecular complexity index is 1040. The van der Waals surface area contributed by atoms with E-state index in [9.17, 15) is 18.0 Å². The van der Waals surface area contributed by atoms with E-state index >= 15 is 0 Å². The molecule has 0 aliphatic heterocycles. The number of carboxylic acid groups (broad SMARTS) is 1. The predicted octanol–water partition coefficient (Wildman–Crippen LogP) is 7.35. The first-order chi connectivity index (χ1) is 14.3. The summed E-state index contributed by atoms with van der Waals surface area (Å²) in [5, 5.41) is 13.4. The molecule has 4 rings (SSSR count). The number of benzene rings is 2. The summed E-state index contributed by atoms with van der Waals surface area (Å²) >= 11 is 1.40. The molecule has 1 aliphatic carbocycles. The zero-order valence-corrected chi connectivity index (χ0v) is 17.0. The molecule has 1 aliphatic rings. The second-order valence-corrected chi connectivity index (χ2v) is 8.92. The number of fused-ring (bicyclic) bond motifs is 1. The van der Waals surface area contributed by atoms with Gasteiger partial charge in [-0.1, -0.05) is 25.3 Å². The van der Waals surface area contributed by atoms with E-state index in [1.165, 1.54) is 29.9 Å². The topological polar surface area (TPSA) is 49.3 Å². The molecule has 1 saturated carbocycles. The Kier molecular flexibility index (Phi) is 5.73. The number of carbonyl (C=O) groups is 1. The first-order valence-corrected chi connectivity index (χ1v) is 10.8. The van der Waals surface area contributed by atoms with E-state index < -0.39 is 17.7 Å². The van der Waals surface area contributed by atoms with Gasteiger partial charge in [0.1, 0.15) is 0 Å². The summed E-state index contributed by atoms with van der Waals surface area (Å²) < 4.78 is 39.9. The molecule has 2 N–H and O–H groups in total. The molecule has 1 heterocycles. The Morgan fingerprint density at radius 1 is 1.03 bits per heavy atom. The number of anilines is 1. The highest BCUT2D eigenvalue weighted by Gasteiger charge is 2.31. The molecule has 7 heteroatoms. The highest BCUT2D eigenvalue weighted by molar-refractivity contribution is 7.19. The Balaban J connectivity index is 1.67. The van der Waals surface area contributed by atoms with E-state index in [-0.39, 0.29) is 11.6 Å². The molecule has 1 unspecified atom stereocenters. The van der Waals surface area contributed by atoms with E-state index in [0.717, 1.165) is 47.7 Å². The van der Waals surface area contributed by atoms with E-state index in [1.807, 2.05) is 6.07 Å². The number of alkyl halides is 3. The smallest absolute Gasteiger partial charge is 0.416 e. The summed E-state index contributed by atoms with van der Waals surface area (Å²) in [5.41, 5.74) is 0.398. The number of hydrogen-bond donors (Lipinski definition) is 2. The maximum Gasteiger partial charge on any atom is 0.416 e. The van der Waals surface area contributed by atoms with Gasteiger partial charge in [0.05, 0.1) is 17.2 Å². The lowest BCUT2D eigenvalue weighted by Crippen LogP contribution is -2.22. The minimum atomic E-state index is -4.36. The molecule has 30 heavy (non-hydrogen) atoms. The zero-order chi connectivity index (χ0) is 21.3. The molecule has 3 nitrogen and oxygen atoms in total. The Labute approximate surface area is 176 Å². The minimum absolute atomic E-state index is 0.0206. The standard InChI is InChI=1S/C23H22F3NO2S/c24-23(25,26)17-9-6-16-12-20(30-19(16)13-17)21(14-4-2-1-3-5-14)27-18-10-7-15(8-11-18)22(28)29/h6-14,21,27H,1-5H2,(H,28,29). The molecule has 0 saturated heterocycles. The SMILES string of the molecule is O=C(O)c1ccc(NC(c2cc3ccc(C(F)(F)F)cc3s2)C2CCCCC2)cc1. The summed E-state index contributed by atoms with van der Waals surface area (Å²) in [7, 11) is 0. The fourth-order valence-corrected chi connectivity index (χ4v) is 5.41. The van der Waals surface area contributed by atoms with Crippen LogP contribution in [-0.2, 0) is 6.18 Å².